The van der Waals surface area contributed by atoms with E-state index in [1.165, 1.54) is 6.92 Å². The van der Waals surface area contributed by atoms with Crippen LogP contribution in [0.3, 0.4) is 0 Å². The SMILES string of the molecule is C=C1C(=O)O[C@@H]2[C@H]1[C@@H](OC(=O)C(C)C)[C@@H]1[C@](C)([C@@H]3CC[C@@]1(C)O3)[C@@H]2OC(C)=O. The van der Waals surface area contributed by atoms with Crippen LogP contribution in [0.15, 0.2) is 12.2 Å². The molecule has 7 nitrogen and oxygen atoms in total. The molecule has 7 heteroatoms. The fourth-order valence-corrected chi connectivity index (χ4v) is 6.04. The summed E-state index contributed by atoms with van der Waals surface area (Å²) in [4.78, 5) is 36.9. The smallest absolute Gasteiger partial charge is 0.334 e. The number of carbonyl (C=O) groups excluding carboxylic acids is 3. The van der Waals surface area contributed by atoms with Crippen molar-refractivity contribution in [3.8, 4) is 0 Å². The molecule has 0 unspecified atom stereocenters. The largest absolute Gasteiger partial charge is 0.461 e. The first-order valence-corrected chi connectivity index (χ1v) is 9.96. The number of esters is 3. The highest BCUT2D eigenvalue weighted by Gasteiger charge is 2.76. The van der Waals surface area contributed by atoms with E-state index in [-0.39, 0.29) is 29.5 Å². The van der Waals surface area contributed by atoms with Gasteiger partial charge in [-0.3, -0.25) is 9.59 Å². The summed E-state index contributed by atoms with van der Waals surface area (Å²) >= 11 is 0. The topological polar surface area (TPSA) is 88.1 Å². The van der Waals surface area contributed by atoms with E-state index in [0.29, 0.717) is 0 Å². The van der Waals surface area contributed by atoms with Crippen molar-refractivity contribution in [3.05, 3.63) is 12.2 Å². The fraction of sp³-hybridized carbons (Fsp3) is 0.762. The van der Waals surface area contributed by atoms with Crippen LogP contribution in [-0.2, 0) is 33.3 Å². The summed E-state index contributed by atoms with van der Waals surface area (Å²) < 4.78 is 23.7. The van der Waals surface area contributed by atoms with Gasteiger partial charge in [-0.05, 0) is 19.8 Å². The standard InChI is InChI=1S/C21H28O7/c1-9(2)18(23)26-14-13-10(3)19(24)27-15(13)17(25-11(4)22)21(6)12-7-8-20(5,28-12)16(14)21/h9,12-17H,3,7-8H2,1-2,4-6H3/t12-,13+,14+,15+,16-,17+,20+,21-/m0/s1. The minimum Gasteiger partial charge on any atom is -0.461 e. The molecule has 3 heterocycles. The maximum atomic E-state index is 12.5. The van der Waals surface area contributed by atoms with E-state index in [1.54, 1.807) is 13.8 Å². The molecule has 1 saturated carbocycles. The first-order chi connectivity index (χ1) is 13.0. The van der Waals surface area contributed by atoms with Gasteiger partial charge in [0.05, 0.1) is 23.5 Å². The Morgan fingerprint density at radius 2 is 1.93 bits per heavy atom. The molecule has 0 amide bonds. The molecule has 0 aromatic carbocycles. The van der Waals surface area contributed by atoms with Gasteiger partial charge >= 0.3 is 17.9 Å². The van der Waals surface area contributed by atoms with Crippen molar-refractivity contribution in [2.45, 2.75) is 77.5 Å². The Labute approximate surface area is 164 Å². The average molecular weight is 392 g/mol. The molecule has 3 saturated heterocycles. The second-order valence-corrected chi connectivity index (χ2v) is 9.31. The summed E-state index contributed by atoms with van der Waals surface area (Å²) in [6, 6.07) is 0. The van der Waals surface area contributed by atoms with E-state index in [4.69, 9.17) is 18.9 Å². The summed E-state index contributed by atoms with van der Waals surface area (Å²) in [5.74, 6) is -2.41. The van der Waals surface area contributed by atoms with E-state index in [9.17, 15) is 14.4 Å². The molecule has 0 N–H and O–H groups in total. The molecule has 154 valence electrons. The van der Waals surface area contributed by atoms with Gasteiger partial charge in [0.15, 0.2) is 6.10 Å². The Hall–Kier alpha value is -1.89. The van der Waals surface area contributed by atoms with E-state index in [0.717, 1.165) is 12.8 Å². The Bertz CT molecular complexity index is 758. The molecule has 3 aliphatic heterocycles. The molecule has 2 bridgehead atoms. The van der Waals surface area contributed by atoms with Crippen LogP contribution in [0.1, 0.15) is 47.5 Å². The lowest BCUT2D eigenvalue weighted by molar-refractivity contribution is -0.218. The normalized spacial score (nSPS) is 46.2. The fourth-order valence-electron chi connectivity index (χ4n) is 6.04. The van der Waals surface area contributed by atoms with Crippen molar-refractivity contribution in [1.82, 2.24) is 0 Å². The highest BCUT2D eigenvalue weighted by Crippen LogP contribution is 2.66. The maximum absolute atomic E-state index is 12.5. The Morgan fingerprint density at radius 1 is 1.25 bits per heavy atom. The van der Waals surface area contributed by atoms with Gasteiger partial charge in [-0.15, -0.1) is 0 Å². The van der Waals surface area contributed by atoms with Crippen LogP contribution in [0.25, 0.3) is 0 Å². The van der Waals surface area contributed by atoms with Crippen molar-refractivity contribution >= 4 is 17.9 Å². The van der Waals surface area contributed by atoms with Crippen molar-refractivity contribution in [3.63, 3.8) is 0 Å². The number of hydrogen-bond donors (Lipinski definition) is 0. The van der Waals surface area contributed by atoms with E-state index in [1.807, 2.05) is 13.8 Å². The van der Waals surface area contributed by atoms with Crippen LogP contribution >= 0.6 is 0 Å². The van der Waals surface area contributed by atoms with Gasteiger partial charge in [-0.1, -0.05) is 27.4 Å². The maximum Gasteiger partial charge on any atom is 0.334 e. The molecule has 0 radical (unpaired) electrons. The van der Waals surface area contributed by atoms with Gasteiger partial charge in [0, 0.05) is 23.8 Å². The summed E-state index contributed by atoms with van der Waals surface area (Å²) in [5.41, 5.74) is -0.902. The number of hydrogen-bond acceptors (Lipinski definition) is 7. The Kier molecular flexibility index (Phi) is 4.20. The number of ether oxygens (including phenoxy) is 4. The van der Waals surface area contributed by atoms with Crippen LogP contribution in [0, 0.1) is 23.2 Å². The first kappa shape index (κ1) is 19.4. The van der Waals surface area contributed by atoms with Gasteiger partial charge in [0.25, 0.3) is 0 Å². The van der Waals surface area contributed by atoms with E-state index < -0.39 is 47.2 Å². The van der Waals surface area contributed by atoms with Gasteiger partial charge in [0.2, 0.25) is 0 Å². The molecule has 0 aromatic heterocycles. The van der Waals surface area contributed by atoms with Crippen molar-refractivity contribution in [2.75, 3.05) is 0 Å². The minimum absolute atomic E-state index is 0.166. The predicted octanol–water partition coefficient (Wildman–Crippen LogP) is 2.17. The predicted molar refractivity (Wildman–Crippen MR) is 96.9 cm³/mol. The lowest BCUT2D eigenvalue weighted by atomic mass is 9.51. The van der Waals surface area contributed by atoms with Crippen molar-refractivity contribution in [2.24, 2.45) is 23.2 Å². The quantitative estimate of drug-likeness (QED) is 0.413. The highest BCUT2D eigenvalue weighted by molar-refractivity contribution is 5.91. The minimum atomic E-state index is -0.735. The lowest BCUT2D eigenvalue weighted by Crippen LogP contribution is -2.66. The Balaban J connectivity index is 1.84. The van der Waals surface area contributed by atoms with Gasteiger partial charge in [-0.2, -0.15) is 0 Å². The average Bonchev–Trinajstić information content (AvgIpc) is 3.19. The van der Waals surface area contributed by atoms with Crippen molar-refractivity contribution < 1.29 is 33.3 Å². The van der Waals surface area contributed by atoms with Crippen LogP contribution < -0.4 is 0 Å². The second kappa shape index (κ2) is 6.05. The number of carbonyl (C=O) groups is 3. The summed E-state index contributed by atoms with van der Waals surface area (Å²) in [5, 5.41) is 0. The van der Waals surface area contributed by atoms with Crippen LogP contribution in [0.5, 0.6) is 0 Å². The summed E-state index contributed by atoms with van der Waals surface area (Å²) in [6.07, 6.45) is -0.560. The third kappa shape index (κ3) is 2.41. The van der Waals surface area contributed by atoms with Crippen LogP contribution in [0.2, 0.25) is 0 Å². The van der Waals surface area contributed by atoms with Gasteiger partial charge < -0.3 is 18.9 Å². The van der Waals surface area contributed by atoms with E-state index >= 15 is 0 Å². The molecule has 1 aliphatic carbocycles. The zero-order valence-corrected chi connectivity index (χ0v) is 17.0. The van der Waals surface area contributed by atoms with Crippen LogP contribution in [0.4, 0.5) is 0 Å². The third-order valence-corrected chi connectivity index (χ3v) is 7.21. The molecule has 4 rings (SSSR count). The lowest BCUT2D eigenvalue weighted by Gasteiger charge is -2.55. The molecular weight excluding hydrogens is 364 g/mol. The number of rotatable bonds is 3. The summed E-state index contributed by atoms with van der Waals surface area (Å²) in [6.45, 7) is 12.8. The third-order valence-electron chi connectivity index (χ3n) is 7.21. The molecule has 4 fully saturated rings. The molecular formula is C21H28O7. The zero-order valence-electron chi connectivity index (χ0n) is 17.0. The van der Waals surface area contributed by atoms with Gasteiger partial charge in [-0.25, -0.2) is 4.79 Å². The van der Waals surface area contributed by atoms with Gasteiger partial charge in [0.1, 0.15) is 12.2 Å². The van der Waals surface area contributed by atoms with Crippen molar-refractivity contribution in [1.29, 1.82) is 0 Å². The molecule has 0 aromatic rings. The van der Waals surface area contributed by atoms with E-state index in [2.05, 4.69) is 6.58 Å². The highest BCUT2D eigenvalue weighted by atomic mass is 16.6. The molecule has 4 aliphatic rings. The molecule has 28 heavy (non-hydrogen) atoms. The molecule has 8 atom stereocenters. The number of fused-ring (bicyclic) bond motifs is 6. The zero-order chi connectivity index (χ0) is 20.6. The summed E-state index contributed by atoms with van der Waals surface area (Å²) in [7, 11) is 0. The molecule has 0 spiro atoms. The monoisotopic (exact) mass is 392 g/mol. The van der Waals surface area contributed by atoms with Crippen LogP contribution in [-0.4, -0.2) is 47.9 Å². The Morgan fingerprint density at radius 3 is 2.54 bits per heavy atom. The first-order valence-electron chi connectivity index (χ1n) is 9.96. The second-order valence-electron chi connectivity index (χ2n) is 9.31.